The first kappa shape index (κ1) is 20.0. The van der Waals surface area contributed by atoms with Crippen molar-refractivity contribution in [3.63, 3.8) is 0 Å². The molecule has 0 aliphatic carbocycles. The van der Waals surface area contributed by atoms with Crippen LogP contribution in [0, 0.1) is 5.92 Å². The fraction of sp³-hybridized carbons (Fsp3) is 0.474. The molecule has 142 valence electrons. The minimum atomic E-state index is -0.557. The number of rotatable bonds is 4. The molecule has 0 aliphatic rings. The maximum atomic E-state index is 9.99. The molecule has 1 unspecified atom stereocenters. The quantitative estimate of drug-likeness (QED) is 0.559. The second kappa shape index (κ2) is 7.53. The van der Waals surface area contributed by atoms with Crippen molar-refractivity contribution < 1.29 is 15.3 Å². The highest BCUT2D eigenvalue weighted by molar-refractivity contribution is 7.07. The third-order valence-electron chi connectivity index (χ3n) is 4.21. The van der Waals surface area contributed by atoms with E-state index < -0.39 is 11.5 Å². The van der Waals surface area contributed by atoms with Gasteiger partial charge in [-0.15, -0.1) is 11.3 Å². The number of phenols is 3. The summed E-state index contributed by atoms with van der Waals surface area (Å²) in [6.07, 6.45) is 1.45. The molecule has 0 bridgehead atoms. The van der Waals surface area contributed by atoms with Gasteiger partial charge in [-0.2, -0.15) is 5.10 Å². The molecule has 1 aromatic carbocycles. The zero-order valence-corrected chi connectivity index (χ0v) is 16.9. The van der Waals surface area contributed by atoms with E-state index in [-0.39, 0.29) is 17.2 Å². The van der Waals surface area contributed by atoms with E-state index in [2.05, 4.69) is 46.6 Å². The summed E-state index contributed by atoms with van der Waals surface area (Å²) in [4.78, 5) is 5.55. The number of benzene rings is 1. The minimum absolute atomic E-state index is 0.137. The molecule has 0 aliphatic heterocycles. The molecule has 1 heterocycles. The van der Waals surface area contributed by atoms with E-state index in [1.807, 2.05) is 5.38 Å². The molecular weight excluding hydrogens is 350 g/mol. The maximum absolute atomic E-state index is 9.99. The molecule has 0 radical (unpaired) electrons. The van der Waals surface area contributed by atoms with Gasteiger partial charge in [-0.1, -0.05) is 34.6 Å². The molecule has 0 saturated carbocycles. The SMILES string of the molecule is CC(C)C(C)N=c1scc(C(C)(C)C)n1N=Cc1ccc(O)c(O)c1O. The van der Waals surface area contributed by atoms with Crippen LogP contribution in [0.15, 0.2) is 27.6 Å². The first-order valence-corrected chi connectivity index (χ1v) is 9.43. The van der Waals surface area contributed by atoms with Crippen LogP contribution in [-0.2, 0) is 5.41 Å². The van der Waals surface area contributed by atoms with E-state index in [1.54, 1.807) is 4.68 Å². The molecule has 6 nitrogen and oxygen atoms in total. The van der Waals surface area contributed by atoms with E-state index in [0.717, 1.165) is 10.5 Å². The van der Waals surface area contributed by atoms with Crippen molar-refractivity contribution in [1.29, 1.82) is 0 Å². The molecule has 0 fully saturated rings. The largest absolute Gasteiger partial charge is 0.504 e. The number of aromatic nitrogens is 1. The van der Waals surface area contributed by atoms with Gasteiger partial charge < -0.3 is 15.3 Å². The van der Waals surface area contributed by atoms with Crippen LogP contribution in [0.25, 0.3) is 0 Å². The van der Waals surface area contributed by atoms with Crippen molar-refractivity contribution in [2.24, 2.45) is 16.0 Å². The lowest BCUT2D eigenvalue weighted by atomic mass is 9.93. The van der Waals surface area contributed by atoms with Gasteiger partial charge in [0.15, 0.2) is 11.5 Å². The van der Waals surface area contributed by atoms with Gasteiger partial charge >= 0.3 is 0 Å². The third kappa shape index (κ3) is 4.27. The van der Waals surface area contributed by atoms with E-state index in [9.17, 15) is 15.3 Å². The Hall–Kier alpha value is -2.28. The van der Waals surface area contributed by atoms with Crippen LogP contribution in [0.5, 0.6) is 17.2 Å². The Morgan fingerprint density at radius 1 is 1.08 bits per heavy atom. The van der Waals surface area contributed by atoms with Gasteiger partial charge in [-0.3, -0.25) is 4.99 Å². The van der Waals surface area contributed by atoms with E-state index in [1.165, 1.54) is 29.7 Å². The first-order valence-electron chi connectivity index (χ1n) is 8.55. The lowest BCUT2D eigenvalue weighted by Gasteiger charge is -2.18. The molecule has 1 atom stereocenters. The molecule has 0 amide bonds. The van der Waals surface area contributed by atoms with Crippen LogP contribution in [-0.4, -0.2) is 32.3 Å². The molecule has 2 rings (SSSR count). The van der Waals surface area contributed by atoms with Crippen molar-refractivity contribution >= 4 is 17.6 Å². The van der Waals surface area contributed by atoms with Gasteiger partial charge in [0, 0.05) is 16.4 Å². The van der Waals surface area contributed by atoms with Crippen LogP contribution in [0.3, 0.4) is 0 Å². The Balaban J connectivity index is 2.57. The highest BCUT2D eigenvalue weighted by Gasteiger charge is 2.20. The summed E-state index contributed by atoms with van der Waals surface area (Å²) in [5.74, 6) is -0.931. The van der Waals surface area contributed by atoms with E-state index >= 15 is 0 Å². The van der Waals surface area contributed by atoms with Gasteiger partial charge in [0.25, 0.3) is 0 Å². The topological polar surface area (TPSA) is 90.3 Å². The molecule has 7 heteroatoms. The number of nitrogens with zero attached hydrogens (tertiary/aromatic N) is 3. The lowest BCUT2D eigenvalue weighted by Crippen LogP contribution is -2.24. The van der Waals surface area contributed by atoms with Gasteiger partial charge in [-0.05, 0) is 25.0 Å². The number of aromatic hydroxyl groups is 3. The summed E-state index contributed by atoms with van der Waals surface area (Å²) < 4.78 is 1.77. The fourth-order valence-corrected chi connectivity index (χ4v) is 3.28. The molecule has 3 N–H and O–H groups in total. The molecule has 26 heavy (non-hydrogen) atoms. The zero-order valence-electron chi connectivity index (χ0n) is 16.1. The van der Waals surface area contributed by atoms with Crippen LogP contribution >= 0.6 is 11.3 Å². The lowest BCUT2D eigenvalue weighted by molar-refractivity contribution is 0.367. The molecule has 1 aromatic heterocycles. The van der Waals surface area contributed by atoms with Crippen LogP contribution in [0.2, 0.25) is 0 Å². The molecule has 0 saturated heterocycles. The Bertz CT molecular complexity index is 873. The number of hydrogen-bond acceptors (Lipinski definition) is 6. The highest BCUT2D eigenvalue weighted by atomic mass is 32.1. The van der Waals surface area contributed by atoms with Crippen molar-refractivity contribution in [3.8, 4) is 17.2 Å². The number of thiazole rings is 1. The summed E-state index contributed by atoms with van der Waals surface area (Å²) in [5.41, 5.74) is 1.17. The van der Waals surface area contributed by atoms with Gasteiger partial charge in [-0.25, -0.2) is 4.68 Å². The number of phenolic OH excluding ortho intramolecular Hbond substituents is 3. The second-order valence-electron chi connectivity index (χ2n) is 7.69. The summed E-state index contributed by atoms with van der Waals surface area (Å²) in [7, 11) is 0. The van der Waals surface area contributed by atoms with Gasteiger partial charge in [0.1, 0.15) is 0 Å². The fourth-order valence-electron chi connectivity index (χ4n) is 2.13. The Morgan fingerprint density at radius 2 is 1.73 bits per heavy atom. The van der Waals surface area contributed by atoms with Gasteiger partial charge in [0.05, 0.1) is 18.0 Å². The van der Waals surface area contributed by atoms with E-state index in [0.29, 0.717) is 11.5 Å². The number of hydrogen-bond donors (Lipinski definition) is 3. The molecular formula is C19H27N3O3S. The van der Waals surface area contributed by atoms with Crippen molar-refractivity contribution in [1.82, 2.24) is 4.68 Å². The summed E-state index contributed by atoms with van der Waals surface area (Å²) in [5, 5.41) is 35.7. The molecule has 2 aromatic rings. The minimum Gasteiger partial charge on any atom is -0.504 e. The summed E-state index contributed by atoms with van der Waals surface area (Å²) in [6.45, 7) is 12.6. The van der Waals surface area contributed by atoms with Gasteiger partial charge in [0.2, 0.25) is 10.6 Å². The average Bonchev–Trinajstić information content (AvgIpc) is 2.94. The van der Waals surface area contributed by atoms with Crippen molar-refractivity contribution in [2.45, 2.75) is 53.0 Å². The first-order chi connectivity index (χ1) is 12.0. The molecule has 0 spiro atoms. The van der Waals surface area contributed by atoms with Crippen LogP contribution in [0.4, 0.5) is 0 Å². The normalized spacial score (nSPS) is 14.5. The predicted octanol–water partition coefficient (Wildman–Crippen LogP) is 3.79. The monoisotopic (exact) mass is 377 g/mol. The summed E-state index contributed by atoms with van der Waals surface area (Å²) >= 11 is 1.52. The average molecular weight is 378 g/mol. The third-order valence-corrected chi connectivity index (χ3v) is 5.04. The van der Waals surface area contributed by atoms with Crippen molar-refractivity contribution in [3.05, 3.63) is 33.6 Å². The van der Waals surface area contributed by atoms with E-state index in [4.69, 9.17) is 4.99 Å². The van der Waals surface area contributed by atoms with Crippen LogP contribution < -0.4 is 4.80 Å². The predicted molar refractivity (Wildman–Crippen MR) is 105 cm³/mol. The zero-order chi connectivity index (χ0) is 19.6. The Kier molecular flexibility index (Phi) is 5.81. The van der Waals surface area contributed by atoms with Crippen molar-refractivity contribution in [2.75, 3.05) is 0 Å². The standard InChI is InChI=1S/C19H27N3O3S/c1-11(2)12(3)21-18-22(15(10-26-18)19(4,5)6)20-9-13-7-8-14(23)17(25)16(13)24/h7-12,23-25H,1-6H3. The Morgan fingerprint density at radius 3 is 2.31 bits per heavy atom. The summed E-state index contributed by atoms with van der Waals surface area (Å²) in [6, 6.07) is 2.95. The highest BCUT2D eigenvalue weighted by Crippen LogP contribution is 2.36. The maximum Gasteiger partial charge on any atom is 0.206 e. The second-order valence-corrected chi connectivity index (χ2v) is 8.53. The smallest absolute Gasteiger partial charge is 0.206 e. The van der Waals surface area contributed by atoms with Crippen LogP contribution in [0.1, 0.15) is 52.8 Å². The Labute approximate surface area is 157 Å².